The van der Waals surface area contributed by atoms with Crippen LogP contribution in [0.1, 0.15) is 23.6 Å². The minimum atomic E-state index is 0.0612. The second-order valence-corrected chi connectivity index (χ2v) is 6.68. The van der Waals surface area contributed by atoms with E-state index in [-0.39, 0.29) is 6.04 Å². The van der Waals surface area contributed by atoms with E-state index in [0.717, 1.165) is 12.8 Å². The second-order valence-electron chi connectivity index (χ2n) is 4.61. The van der Waals surface area contributed by atoms with Gasteiger partial charge in [0.2, 0.25) is 6.08 Å². The minimum absolute atomic E-state index is 0.0612. The van der Waals surface area contributed by atoms with Gasteiger partial charge in [-0.25, -0.2) is 9.79 Å². The highest BCUT2D eigenvalue weighted by Crippen LogP contribution is 2.12. The van der Waals surface area contributed by atoms with Gasteiger partial charge in [-0.15, -0.1) is 22.7 Å². The van der Waals surface area contributed by atoms with Gasteiger partial charge in [0.05, 0.1) is 6.04 Å². The number of hydrogen-bond donors (Lipinski definition) is 1. The van der Waals surface area contributed by atoms with Crippen molar-refractivity contribution in [2.45, 2.75) is 38.8 Å². The summed E-state index contributed by atoms with van der Waals surface area (Å²) in [4.78, 5) is 16.1. The zero-order valence-corrected chi connectivity index (χ0v) is 13.4. The number of nitrogens with zero attached hydrogens (tertiary/aromatic N) is 1. The normalized spacial score (nSPS) is 12.8. The molecule has 2 aromatic rings. The average molecular weight is 308 g/mol. The first-order valence-electron chi connectivity index (χ1n) is 6.49. The first-order valence-corrected chi connectivity index (χ1v) is 8.25. The van der Waals surface area contributed by atoms with Gasteiger partial charge in [0.15, 0.2) is 0 Å². The number of hydrogen-bond acceptors (Lipinski definition) is 5. The van der Waals surface area contributed by atoms with Crippen molar-refractivity contribution < 1.29 is 4.79 Å². The highest BCUT2D eigenvalue weighted by Gasteiger charge is 2.00. The zero-order valence-electron chi connectivity index (χ0n) is 11.8. The van der Waals surface area contributed by atoms with Crippen LogP contribution in [0, 0.1) is 0 Å². The third-order valence-corrected chi connectivity index (χ3v) is 4.25. The molecular formula is C15H20N2OS2. The van der Waals surface area contributed by atoms with Gasteiger partial charge in [0.1, 0.15) is 0 Å². The van der Waals surface area contributed by atoms with E-state index in [1.54, 1.807) is 28.8 Å². The molecule has 2 rings (SSSR count). The van der Waals surface area contributed by atoms with Crippen LogP contribution in [0.5, 0.6) is 0 Å². The molecule has 20 heavy (non-hydrogen) atoms. The van der Waals surface area contributed by atoms with Crippen molar-refractivity contribution in [2.75, 3.05) is 0 Å². The Morgan fingerprint density at radius 1 is 1.15 bits per heavy atom. The predicted octanol–water partition coefficient (Wildman–Crippen LogP) is 3.65. The number of isocyanates is 1. The van der Waals surface area contributed by atoms with E-state index < -0.39 is 0 Å². The molecule has 0 amide bonds. The Balaban J connectivity index is 0.000000204. The Labute approximate surface area is 128 Å². The Kier molecular flexibility index (Phi) is 8.07. The van der Waals surface area contributed by atoms with Gasteiger partial charge >= 0.3 is 0 Å². The first-order chi connectivity index (χ1) is 9.61. The van der Waals surface area contributed by atoms with Crippen molar-refractivity contribution in [3.05, 3.63) is 44.8 Å². The summed E-state index contributed by atoms with van der Waals surface area (Å²) in [7, 11) is 0. The number of carbonyl (C=O) groups excluding carboxylic acids is 1. The molecular weight excluding hydrogens is 288 g/mol. The number of rotatable bonds is 5. The average Bonchev–Trinajstić information content (AvgIpc) is 3.03. The SMILES string of the molecule is CC(Cc1cccs1)N=C=O.CC(N)Cc1cccs1. The molecule has 2 atom stereocenters. The first kappa shape index (κ1) is 16.8. The molecule has 0 bridgehead atoms. The Bertz CT molecular complexity index is 500. The molecule has 3 nitrogen and oxygen atoms in total. The molecule has 0 aliphatic rings. The Hall–Kier alpha value is -1.26. The molecule has 108 valence electrons. The summed E-state index contributed by atoms with van der Waals surface area (Å²) in [5, 5.41) is 4.10. The van der Waals surface area contributed by atoms with Gasteiger partial charge in [-0.3, -0.25) is 0 Å². The fraction of sp³-hybridized carbons (Fsp3) is 0.400. The lowest BCUT2D eigenvalue weighted by atomic mass is 10.2. The predicted molar refractivity (Wildman–Crippen MR) is 87.3 cm³/mol. The number of aliphatic imine (C=N–C) groups is 1. The maximum absolute atomic E-state index is 9.86. The molecule has 0 saturated carbocycles. The van der Waals surface area contributed by atoms with Crippen LogP contribution in [0.4, 0.5) is 0 Å². The smallest absolute Gasteiger partial charge is 0.235 e. The summed E-state index contributed by atoms with van der Waals surface area (Å²) in [5.41, 5.74) is 5.59. The molecule has 0 aliphatic heterocycles. The van der Waals surface area contributed by atoms with Crippen LogP contribution < -0.4 is 5.73 Å². The molecule has 0 aliphatic carbocycles. The molecule has 2 N–H and O–H groups in total. The van der Waals surface area contributed by atoms with Gasteiger partial charge in [-0.2, -0.15) is 0 Å². The number of nitrogens with two attached hydrogens (primary N) is 1. The largest absolute Gasteiger partial charge is 0.328 e. The van der Waals surface area contributed by atoms with Crippen molar-refractivity contribution >= 4 is 28.8 Å². The Morgan fingerprint density at radius 3 is 2.10 bits per heavy atom. The van der Waals surface area contributed by atoms with Crippen molar-refractivity contribution in [1.82, 2.24) is 0 Å². The molecule has 0 fully saturated rings. The van der Waals surface area contributed by atoms with Gasteiger partial charge < -0.3 is 5.73 Å². The van der Waals surface area contributed by atoms with Crippen LogP contribution in [0.2, 0.25) is 0 Å². The number of thiophene rings is 2. The van der Waals surface area contributed by atoms with E-state index in [4.69, 9.17) is 5.73 Å². The van der Waals surface area contributed by atoms with Crippen molar-refractivity contribution in [1.29, 1.82) is 0 Å². The van der Waals surface area contributed by atoms with Crippen molar-refractivity contribution in [3.8, 4) is 0 Å². The summed E-state index contributed by atoms with van der Waals surface area (Å²) in [6, 6.07) is 8.57. The van der Waals surface area contributed by atoms with Crippen LogP contribution in [-0.2, 0) is 17.6 Å². The van der Waals surface area contributed by atoms with E-state index in [1.807, 2.05) is 31.4 Å². The fourth-order valence-corrected chi connectivity index (χ4v) is 3.28. The van der Waals surface area contributed by atoms with Gasteiger partial charge in [-0.1, -0.05) is 12.1 Å². The van der Waals surface area contributed by atoms with E-state index in [0.29, 0.717) is 6.04 Å². The molecule has 0 aromatic carbocycles. The molecule has 0 radical (unpaired) electrons. The van der Waals surface area contributed by atoms with E-state index >= 15 is 0 Å². The van der Waals surface area contributed by atoms with Gasteiger partial charge in [-0.05, 0) is 43.2 Å². The van der Waals surface area contributed by atoms with Crippen molar-refractivity contribution in [2.24, 2.45) is 10.7 Å². The van der Waals surface area contributed by atoms with Crippen LogP contribution in [0.15, 0.2) is 40.0 Å². The monoisotopic (exact) mass is 308 g/mol. The second kappa shape index (κ2) is 9.61. The highest BCUT2D eigenvalue weighted by molar-refractivity contribution is 7.10. The van der Waals surface area contributed by atoms with Gasteiger partial charge in [0.25, 0.3) is 0 Å². The third-order valence-electron chi connectivity index (χ3n) is 2.45. The topological polar surface area (TPSA) is 55.5 Å². The molecule has 5 heteroatoms. The minimum Gasteiger partial charge on any atom is -0.328 e. The fourth-order valence-electron chi connectivity index (χ4n) is 1.60. The molecule has 2 aromatic heterocycles. The highest BCUT2D eigenvalue weighted by atomic mass is 32.1. The van der Waals surface area contributed by atoms with E-state index in [2.05, 4.69) is 22.5 Å². The summed E-state index contributed by atoms with van der Waals surface area (Å²) >= 11 is 3.46. The Morgan fingerprint density at radius 2 is 1.70 bits per heavy atom. The van der Waals surface area contributed by atoms with Gasteiger partial charge in [0, 0.05) is 22.2 Å². The zero-order chi connectivity index (χ0) is 14.8. The summed E-state index contributed by atoms with van der Waals surface area (Å²) in [5.74, 6) is 0. The standard InChI is InChI=1S/C8H9NOS.C7H11NS/c1-7(9-6-10)5-8-3-2-4-11-8;1-6(8)5-7-3-2-4-9-7/h2-4,7H,5H2,1H3;2-4,6H,5,8H2,1H3. The molecule has 0 spiro atoms. The quantitative estimate of drug-likeness (QED) is 0.677. The van der Waals surface area contributed by atoms with E-state index in [9.17, 15) is 4.79 Å². The van der Waals surface area contributed by atoms with Crippen molar-refractivity contribution in [3.63, 3.8) is 0 Å². The van der Waals surface area contributed by atoms with Crippen LogP contribution in [-0.4, -0.2) is 18.2 Å². The van der Waals surface area contributed by atoms with Crippen LogP contribution in [0.25, 0.3) is 0 Å². The summed E-state index contributed by atoms with van der Waals surface area (Å²) in [6.07, 6.45) is 3.41. The maximum atomic E-state index is 9.86. The lowest BCUT2D eigenvalue weighted by Gasteiger charge is -1.99. The lowest BCUT2D eigenvalue weighted by molar-refractivity contribution is 0.558. The van der Waals surface area contributed by atoms with Crippen LogP contribution in [0.3, 0.4) is 0 Å². The van der Waals surface area contributed by atoms with Crippen LogP contribution >= 0.6 is 22.7 Å². The third kappa shape index (κ3) is 7.36. The summed E-state index contributed by atoms with van der Waals surface area (Å²) < 4.78 is 0. The summed E-state index contributed by atoms with van der Waals surface area (Å²) in [6.45, 7) is 3.93. The molecule has 2 heterocycles. The lowest BCUT2D eigenvalue weighted by Crippen LogP contribution is -2.16. The van der Waals surface area contributed by atoms with E-state index in [1.165, 1.54) is 9.75 Å². The maximum Gasteiger partial charge on any atom is 0.235 e. The molecule has 2 unspecified atom stereocenters. The molecule has 0 saturated heterocycles.